The molecule has 2 aromatic carbocycles. The van der Waals surface area contributed by atoms with Crippen LogP contribution in [0.4, 0.5) is 0 Å². The van der Waals surface area contributed by atoms with Crippen molar-refractivity contribution in [3.63, 3.8) is 0 Å². The number of benzene rings is 2. The van der Waals surface area contributed by atoms with Crippen molar-refractivity contribution in [1.29, 1.82) is 0 Å². The number of hydrogen-bond donors (Lipinski definition) is 2. The highest BCUT2D eigenvalue weighted by Gasteiger charge is 2.12. The Morgan fingerprint density at radius 3 is 2.57 bits per heavy atom. The number of aromatic amines is 1. The lowest BCUT2D eigenvalue weighted by atomic mass is 9.97. The third-order valence-corrected chi connectivity index (χ3v) is 4.08. The van der Waals surface area contributed by atoms with Crippen LogP contribution in [0.2, 0.25) is 0 Å². The van der Waals surface area contributed by atoms with Gasteiger partial charge in [0.1, 0.15) is 11.8 Å². The summed E-state index contributed by atoms with van der Waals surface area (Å²) in [5.74, 6) is 0. The summed E-state index contributed by atoms with van der Waals surface area (Å²) in [6.07, 6.45) is 3.11. The first-order valence-electron chi connectivity index (χ1n) is 7.58. The number of aliphatic hydroxyl groups excluding tert-OH is 1. The lowest BCUT2D eigenvalue weighted by Crippen LogP contribution is -1.99. The first-order chi connectivity index (χ1) is 11.3. The largest absolute Gasteiger partial charge is 0.384 e. The molecule has 2 N–H and O–H groups in total. The zero-order valence-electron chi connectivity index (χ0n) is 12.5. The number of fused-ring (bicyclic) bond motifs is 1. The first kappa shape index (κ1) is 13.7. The molecule has 23 heavy (non-hydrogen) atoms. The van der Waals surface area contributed by atoms with Crippen LogP contribution in [0.15, 0.2) is 79.1 Å². The predicted molar refractivity (Wildman–Crippen MR) is 92.0 cm³/mol. The molecule has 0 aliphatic rings. The van der Waals surface area contributed by atoms with E-state index in [0.717, 1.165) is 33.3 Å². The Hall–Kier alpha value is -2.91. The third-order valence-electron chi connectivity index (χ3n) is 4.08. The van der Waals surface area contributed by atoms with E-state index in [1.165, 1.54) is 0 Å². The van der Waals surface area contributed by atoms with Gasteiger partial charge in [-0.05, 0) is 34.9 Å². The van der Waals surface area contributed by atoms with E-state index in [-0.39, 0.29) is 0 Å². The molecule has 0 spiro atoms. The van der Waals surface area contributed by atoms with Crippen molar-refractivity contribution in [3.8, 4) is 11.1 Å². The van der Waals surface area contributed by atoms with Crippen molar-refractivity contribution in [1.82, 2.24) is 9.97 Å². The van der Waals surface area contributed by atoms with Gasteiger partial charge in [-0.1, -0.05) is 48.5 Å². The fourth-order valence-electron chi connectivity index (χ4n) is 2.90. The zero-order valence-corrected chi connectivity index (χ0v) is 12.5. The molecular weight excluding hydrogens is 284 g/mol. The molecule has 4 rings (SSSR count). The van der Waals surface area contributed by atoms with E-state index in [1.54, 1.807) is 6.20 Å². The first-order valence-corrected chi connectivity index (χ1v) is 7.58. The summed E-state index contributed by atoms with van der Waals surface area (Å²) >= 11 is 0. The van der Waals surface area contributed by atoms with Gasteiger partial charge in [-0.3, -0.25) is 0 Å². The quantitative estimate of drug-likeness (QED) is 0.592. The van der Waals surface area contributed by atoms with Crippen LogP contribution >= 0.6 is 0 Å². The molecule has 0 saturated heterocycles. The van der Waals surface area contributed by atoms with E-state index < -0.39 is 6.10 Å². The average Bonchev–Trinajstić information content (AvgIpc) is 3.06. The molecule has 0 amide bonds. The van der Waals surface area contributed by atoms with Crippen LogP contribution in [0.25, 0.3) is 22.2 Å². The molecule has 1 unspecified atom stereocenters. The van der Waals surface area contributed by atoms with Gasteiger partial charge in [-0.15, -0.1) is 0 Å². The summed E-state index contributed by atoms with van der Waals surface area (Å²) < 4.78 is 0. The highest BCUT2D eigenvalue weighted by molar-refractivity contribution is 5.93. The number of aromatic nitrogens is 2. The molecule has 2 aromatic heterocycles. The van der Waals surface area contributed by atoms with Gasteiger partial charge in [-0.25, -0.2) is 4.98 Å². The highest BCUT2D eigenvalue weighted by atomic mass is 16.3. The molecule has 0 fully saturated rings. The van der Waals surface area contributed by atoms with Gasteiger partial charge >= 0.3 is 0 Å². The van der Waals surface area contributed by atoms with Crippen LogP contribution < -0.4 is 0 Å². The van der Waals surface area contributed by atoms with Crippen LogP contribution in [0.5, 0.6) is 0 Å². The molecule has 0 saturated carbocycles. The minimum Gasteiger partial charge on any atom is -0.384 e. The van der Waals surface area contributed by atoms with Crippen molar-refractivity contribution >= 4 is 11.0 Å². The SMILES string of the molecule is OC(c1ccccc1)c1cccc(-c2c[nH]c3ncccc23)c1. The smallest absolute Gasteiger partial charge is 0.137 e. The highest BCUT2D eigenvalue weighted by Crippen LogP contribution is 2.30. The summed E-state index contributed by atoms with van der Waals surface area (Å²) in [5.41, 5.74) is 4.81. The Bertz CT molecular complexity index is 944. The third kappa shape index (κ3) is 2.51. The topological polar surface area (TPSA) is 48.9 Å². The maximum absolute atomic E-state index is 10.6. The number of pyridine rings is 1. The second-order valence-electron chi connectivity index (χ2n) is 5.54. The van der Waals surface area contributed by atoms with E-state index in [9.17, 15) is 5.11 Å². The summed E-state index contributed by atoms with van der Waals surface area (Å²) in [7, 11) is 0. The van der Waals surface area contributed by atoms with E-state index in [2.05, 4.69) is 22.1 Å². The minimum absolute atomic E-state index is 0.625. The molecule has 3 nitrogen and oxygen atoms in total. The fraction of sp³-hybridized carbons (Fsp3) is 0.0500. The van der Waals surface area contributed by atoms with Gasteiger partial charge in [0.05, 0.1) is 0 Å². The predicted octanol–water partition coefficient (Wildman–Crippen LogP) is 4.31. The van der Waals surface area contributed by atoms with E-state index in [0.29, 0.717) is 0 Å². The van der Waals surface area contributed by atoms with Crippen molar-refractivity contribution in [2.75, 3.05) is 0 Å². The van der Waals surface area contributed by atoms with Gasteiger partial charge in [0, 0.05) is 23.3 Å². The normalized spacial score (nSPS) is 12.4. The number of hydrogen-bond acceptors (Lipinski definition) is 2. The monoisotopic (exact) mass is 300 g/mol. The van der Waals surface area contributed by atoms with E-state index in [4.69, 9.17) is 0 Å². The molecule has 0 radical (unpaired) electrons. The Morgan fingerprint density at radius 1 is 0.870 bits per heavy atom. The molecule has 2 heterocycles. The summed E-state index contributed by atoms with van der Waals surface area (Å²) in [6.45, 7) is 0. The number of aliphatic hydroxyl groups is 1. The fourth-order valence-corrected chi connectivity index (χ4v) is 2.90. The number of H-pyrrole nitrogens is 1. The summed E-state index contributed by atoms with van der Waals surface area (Å²) in [5, 5.41) is 11.7. The van der Waals surface area contributed by atoms with Crippen molar-refractivity contribution in [3.05, 3.63) is 90.3 Å². The Morgan fingerprint density at radius 2 is 1.70 bits per heavy atom. The Labute approximate surface area is 134 Å². The lowest BCUT2D eigenvalue weighted by molar-refractivity contribution is 0.220. The summed E-state index contributed by atoms with van der Waals surface area (Å²) in [4.78, 5) is 7.52. The molecule has 1 atom stereocenters. The van der Waals surface area contributed by atoms with Gasteiger partial charge in [0.25, 0.3) is 0 Å². The van der Waals surface area contributed by atoms with Gasteiger partial charge in [0.15, 0.2) is 0 Å². The molecule has 0 aliphatic carbocycles. The lowest BCUT2D eigenvalue weighted by Gasteiger charge is -2.12. The van der Waals surface area contributed by atoms with Crippen LogP contribution in [0.1, 0.15) is 17.2 Å². The molecular formula is C20H16N2O. The van der Waals surface area contributed by atoms with Crippen LogP contribution in [0, 0.1) is 0 Å². The van der Waals surface area contributed by atoms with Crippen molar-refractivity contribution < 1.29 is 5.11 Å². The number of nitrogens with zero attached hydrogens (tertiary/aromatic N) is 1. The standard InChI is InChI=1S/C20H16N2O/c23-19(14-6-2-1-3-7-14)16-9-4-8-15(12-16)18-13-22-20-17(18)10-5-11-21-20/h1-13,19,23H,(H,21,22). The zero-order chi connectivity index (χ0) is 15.6. The molecule has 0 aliphatic heterocycles. The van der Waals surface area contributed by atoms with Crippen molar-refractivity contribution in [2.24, 2.45) is 0 Å². The van der Waals surface area contributed by atoms with E-state index in [1.807, 2.05) is 60.8 Å². The van der Waals surface area contributed by atoms with Gasteiger partial charge < -0.3 is 10.1 Å². The second-order valence-corrected chi connectivity index (χ2v) is 5.54. The van der Waals surface area contributed by atoms with Gasteiger partial charge in [-0.2, -0.15) is 0 Å². The second kappa shape index (κ2) is 5.71. The van der Waals surface area contributed by atoms with Gasteiger partial charge in [0.2, 0.25) is 0 Å². The van der Waals surface area contributed by atoms with Crippen LogP contribution in [-0.4, -0.2) is 15.1 Å². The van der Waals surface area contributed by atoms with Crippen LogP contribution in [-0.2, 0) is 0 Å². The maximum atomic E-state index is 10.6. The minimum atomic E-state index is -0.625. The van der Waals surface area contributed by atoms with E-state index >= 15 is 0 Å². The van der Waals surface area contributed by atoms with Crippen LogP contribution in [0.3, 0.4) is 0 Å². The maximum Gasteiger partial charge on any atom is 0.137 e. The molecule has 112 valence electrons. The molecule has 4 aromatic rings. The average molecular weight is 300 g/mol. The Balaban J connectivity index is 1.77. The van der Waals surface area contributed by atoms with Crippen molar-refractivity contribution in [2.45, 2.75) is 6.10 Å². The molecule has 3 heteroatoms. The number of nitrogens with one attached hydrogen (secondary N) is 1. The Kier molecular flexibility index (Phi) is 3.41. The molecule has 0 bridgehead atoms. The summed E-state index contributed by atoms with van der Waals surface area (Å²) in [6, 6.07) is 21.7. The number of rotatable bonds is 3.